The van der Waals surface area contributed by atoms with Gasteiger partial charge < -0.3 is 15.2 Å². The van der Waals surface area contributed by atoms with Crippen molar-refractivity contribution in [2.45, 2.75) is 18.9 Å². The number of anilines is 1. The van der Waals surface area contributed by atoms with E-state index in [0.717, 1.165) is 35.7 Å². The molecule has 1 aliphatic rings. The number of nitrogens with two attached hydrogens (primary N) is 1. The van der Waals surface area contributed by atoms with Crippen LogP contribution in [-0.2, 0) is 0 Å². The molecule has 0 aromatic heterocycles. The molecule has 24 heavy (non-hydrogen) atoms. The molecule has 1 aliphatic heterocycles. The zero-order valence-corrected chi connectivity index (χ0v) is 14.1. The first-order valence-corrected chi connectivity index (χ1v) is 8.09. The molecule has 0 amide bonds. The van der Waals surface area contributed by atoms with E-state index in [2.05, 4.69) is 17.1 Å². The van der Waals surface area contributed by atoms with Crippen LogP contribution in [0.1, 0.15) is 24.4 Å². The van der Waals surface area contributed by atoms with Gasteiger partial charge in [0.05, 0.1) is 25.9 Å². The van der Waals surface area contributed by atoms with Crippen molar-refractivity contribution in [3.8, 4) is 11.5 Å². The predicted octanol–water partition coefficient (Wildman–Crippen LogP) is 3.36. The zero-order chi connectivity index (χ0) is 16.9. The molecule has 5 nitrogen and oxygen atoms in total. The van der Waals surface area contributed by atoms with Gasteiger partial charge in [-0.2, -0.15) is 5.10 Å². The van der Waals surface area contributed by atoms with Crippen LogP contribution in [0, 0.1) is 0 Å². The third kappa shape index (κ3) is 3.36. The fraction of sp³-hybridized carbons (Fsp3) is 0.316. The van der Waals surface area contributed by atoms with E-state index in [-0.39, 0.29) is 6.04 Å². The van der Waals surface area contributed by atoms with E-state index in [9.17, 15) is 0 Å². The summed E-state index contributed by atoms with van der Waals surface area (Å²) in [6.07, 6.45) is 1.67. The van der Waals surface area contributed by atoms with Crippen LogP contribution < -0.4 is 20.2 Å². The summed E-state index contributed by atoms with van der Waals surface area (Å²) in [7, 11) is 3.36. The van der Waals surface area contributed by atoms with Crippen LogP contribution in [0.5, 0.6) is 11.5 Å². The van der Waals surface area contributed by atoms with Crippen molar-refractivity contribution in [2.24, 2.45) is 10.8 Å². The van der Waals surface area contributed by atoms with Crippen molar-refractivity contribution in [2.75, 3.05) is 25.8 Å². The molecular formula is C19H23N3O2. The maximum Gasteiger partial charge on any atom is 0.120 e. The third-order valence-corrected chi connectivity index (χ3v) is 4.20. The van der Waals surface area contributed by atoms with Crippen molar-refractivity contribution >= 4 is 11.4 Å². The summed E-state index contributed by atoms with van der Waals surface area (Å²) >= 11 is 0. The Morgan fingerprint density at radius 2 is 1.79 bits per heavy atom. The quantitative estimate of drug-likeness (QED) is 0.885. The number of benzene rings is 2. The zero-order valence-electron chi connectivity index (χ0n) is 14.1. The van der Waals surface area contributed by atoms with Gasteiger partial charge in [-0.15, -0.1) is 0 Å². The Bertz CT molecular complexity index is 730. The van der Waals surface area contributed by atoms with Crippen molar-refractivity contribution < 1.29 is 9.47 Å². The summed E-state index contributed by atoms with van der Waals surface area (Å²) in [5.41, 5.74) is 9.03. The summed E-state index contributed by atoms with van der Waals surface area (Å²) in [5, 5.41) is 6.87. The number of nitrogens with zero attached hydrogens (tertiary/aromatic N) is 2. The molecule has 5 heteroatoms. The average Bonchev–Trinajstić information content (AvgIpc) is 3.06. The van der Waals surface area contributed by atoms with E-state index in [1.54, 1.807) is 14.2 Å². The van der Waals surface area contributed by atoms with E-state index < -0.39 is 0 Å². The van der Waals surface area contributed by atoms with E-state index in [1.807, 2.05) is 36.4 Å². The Labute approximate surface area is 142 Å². The second-order valence-electron chi connectivity index (χ2n) is 5.75. The lowest BCUT2D eigenvalue weighted by Crippen LogP contribution is -2.18. The van der Waals surface area contributed by atoms with Crippen LogP contribution in [0.3, 0.4) is 0 Å². The first-order chi connectivity index (χ1) is 11.7. The van der Waals surface area contributed by atoms with E-state index in [4.69, 9.17) is 20.3 Å². The third-order valence-electron chi connectivity index (χ3n) is 4.20. The van der Waals surface area contributed by atoms with Gasteiger partial charge in [-0.05, 0) is 42.8 Å². The summed E-state index contributed by atoms with van der Waals surface area (Å²) in [4.78, 5) is 0. The fourth-order valence-corrected chi connectivity index (χ4v) is 2.99. The molecule has 0 saturated carbocycles. The van der Waals surface area contributed by atoms with Gasteiger partial charge in [0.1, 0.15) is 11.5 Å². The SMILES string of the molecule is COc1cccc(C2CC(CCN)=NN2c2cccc(OC)c2)c1. The smallest absolute Gasteiger partial charge is 0.120 e. The van der Waals surface area contributed by atoms with Gasteiger partial charge in [0.2, 0.25) is 0 Å². The number of methoxy groups -OCH3 is 2. The molecule has 0 fully saturated rings. The lowest BCUT2D eigenvalue weighted by atomic mass is 10.00. The first-order valence-electron chi connectivity index (χ1n) is 8.09. The van der Waals surface area contributed by atoms with Crippen molar-refractivity contribution in [3.05, 3.63) is 54.1 Å². The normalized spacial score (nSPS) is 16.9. The summed E-state index contributed by atoms with van der Waals surface area (Å²) in [6.45, 7) is 0.607. The Morgan fingerprint density at radius 1 is 1.08 bits per heavy atom. The molecule has 0 spiro atoms. The van der Waals surface area contributed by atoms with Crippen LogP contribution >= 0.6 is 0 Å². The summed E-state index contributed by atoms with van der Waals surface area (Å²) in [5.74, 6) is 1.67. The molecule has 2 aromatic carbocycles. The molecule has 1 unspecified atom stereocenters. The van der Waals surface area contributed by atoms with Crippen molar-refractivity contribution in [1.82, 2.24) is 0 Å². The van der Waals surface area contributed by atoms with Gasteiger partial charge >= 0.3 is 0 Å². The number of hydrazone groups is 1. The van der Waals surface area contributed by atoms with E-state index in [0.29, 0.717) is 6.54 Å². The molecule has 0 bridgehead atoms. The first kappa shape index (κ1) is 16.3. The Kier molecular flexibility index (Phi) is 5.01. The minimum atomic E-state index is 0.133. The molecule has 126 valence electrons. The van der Waals surface area contributed by atoms with Gasteiger partial charge in [-0.3, -0.25) is 5.01 Å². The standard InChI is InChI=1S/C19H23N3O2/c1-23-17-7-3-5-14(11-17)19-12-15(9-10-20)21-22(19)16-6-4-8-18(13-16)24-2/h3-8,11,13,19H,9-10,12,20H2,1-2H3. The highest BCUT2D eigenvalue weighted by molar-refractivity contribution is 5.89. The summed E-state index contributed by atoms with van der Waals surface area (Å²) in [6, 6.07) is 16.2. The second-order valence-corrected chi connectivity index (χ2v) is 5.75. The molecule has 0 radical (unpaired) electrons. The Hall–Kier alpha value is -2.53. The minimum Gasteiger partial charge on any atom is -0.497 e. The molecule has 2 aromatic rings. The maximum atomic E-state index is 5.73. The van der Waals surface area contributed by atoms with Crippen LogP contribution in [0.2, 0.25) is 0 Å². The van der Waals surface area contributed by atoms with Gasteiger partial charge in [0, 0.05) is 18.2 Å². The monoisotopic (exact) mass is 325 g/mol. The van der Waals surface area contributed by atoms with E-state index >= 15 is 0 Å². The highest BCUT2D eigenvalue weighted by atomic mass is 16.5. The minimum absolute atomic E-state index is 0.133. The summed E-state index contributed by atoms with van der Waals surface area (Å²) < 4.78 is 10.7. The number of rotatable bonds is 6. The van der Waals surface area contributed by atoms with Crippen molar-refractivity contribution in [3.63, 3.8) is 0 Å². The lowest BCUT2D eigenvalue weighted by Gasteiger charge is -2.24. The number of hydrogen-bond donors (Lipinski definition) is 1. The molecule has 0 saturated heterocycles. The lowest BCUT2D eigenvalue weighted by molar-refractivity contribution is 0.413. The highest BCUT2D eigenvalue weighted by Crippen LogP contribution is 2.37. The largest absolute Gasteiger partial charge is 0.497 e. The van der Waals surface area contributed by atoms with Crippen LogP contribution in [0.4, 0.5) is 5.69 Å². The second kappa shape index (κ2) is 7.36. The topological polar surface area (TPSA) is 60.1 Å². The fourth-order valence-electron chi connectivity index (χ4n) is 2.99. The van der Waals surface area contributed by atoms with Crippen LogP contribution in [-0.4, -0.2) is 26.5 Å². The van der Waals surface area contributed by atoms with Gasteiger partial charge in [-0.25, -0.2) is 0 Å². The number of hydrogen-bond acceptors (Lipinski definition) is 5. The van der Waals surface area contributed by atoms with Crippen LogP contribution in [0.25, 0.3) is 0 Å². The van der Waals surface area contributed by atoms with Gasteiger partial charge in [-0.1, -0.05) is 18.2 Å². The molecule has 1 heterocycles. The average molecular weight is 325 g/mol. The molecule has 1 atom stereocenters. The van der Waals surface area contributed by atoms with Crippen molar-refractivity contribution in [1.29, 1.82) is 0 Å². The maximum absolute atomic E-state index is 5.73. The van der Waals surface area contributed by atoms with Gasteiger partial charge in [0.25, 0.3) is 0 Å². The molecule has 0 aliphatic carbocycles. The molecule has 3 rings (SSSR count). The van der Waals surface area contributed by atoms with E-state index in [1.165, 1.54) is 5.56 Å². The highest BCUT2D eigenvalue weighted by Gasteiger charge is 2.29. The molecule has 2 N–H and O–H groups in total. The number of ether oxygens (including phenoxy) is 2. The Balaban J connectivity index is 1.97. The molecular weight excluding hydrogens is 302 g/mol. The predicted molar refractivity (Wildman–Crippen MR) is 96.9 cm³/mol. The Morgan fingerprint density at radius 3 is 2.50 bits per heavy atom. The van der Waals surface area contributed by atoms with Gasteiger partial charge in [0.15, 0.2) is 0 Å². The van der Waals surface area contributed by atoms with Crippen LogP contribution in [0.15, 0.2) is 53.6 Å².